The number of hydrogen-bond donors (Lipinski definition) is 2. The van der Waals surface area contributed by atoms with Crippen LogP contribution in [0.15, 0.2) is 48.5 Å². The standard InChI is InChI=1S/C20H22N4O2/c1-26-15-11-9-14(10-12-15)21-20(25)24-13-5-4-8-18(24)19-22-16-6-2-3-7-17(16)23-19/h2-3,6-7,9-12,18H,4-5,8,13H2,1H3,(H,21,25)(H,22,23)/t18-/m0/s1. The molecular weight excluding hydrogens is 328 g/mol. The maximum absolute atomic E-state index is 12.9. The number of nitrogens with one attached hydrogen (secondary N) is 2. The van der Waals surface area contributed by atoms with Crippen LogP contribution in [0.2, 0.25) is 0 Å². The van der Waals surface area contributed by atoms with Gasteiger partial charge in [-0.1, -0.05) is 12.1 Å². The maximum Gasteiger partial charge on any atom is 0.322 e. The van der Waals surface area contributed by atoms with Crippen LogP contribution >= 0.6 is 0 Å². The van der Waals surface area contributed by atoms with Crippen LogP contribution in [0.25, 0.3) is 11.0 Å². The minimum atomic E-state index is -0.0969. The minimum Gasteiger partial charge on any atom is -0.497 e. The number of rotatable bonds is 3. The van der Waals surface area contributed by atoms with Crippen molar-refractivity contribution in [3.05, 3.63) is 54.4 Å². The number of para-hydroxylation sites is 2. The fourth-order valence-electron chi connectivity index (χ4n) is 3.46. The van der Waals surface area contributed by atoms with Crippen molar-refractivity contribution in [2.45, 2.75) is 25.3 Å². The SMILES string of the molecule is COc1ccc(NC(=O)N2CCCC[C@H]2c2nc3ccccc3[nH]2)cc1. The summed E-state index contributed by atoms with van der Waals surface area (Å²) in [6.45, 7) is 0.726. The molecule has 6 heteroatoms. The average molecular weight is 350 g/mol. The molecule has 1 aromatic heterocycles. The number of urea groups is 1. The molecule has 2 amide bonds. The summed E-state index contributed by atoms with van der Waals surface area (Å²) in [4.78, 5) is 22.8. The first kappa shape index (κ1) is 16.4. The first-order valence-corrected chi connectivity index (χ1v) is 8.91. The van der Waals surface area contributed by atoms with Gasteiger partial charge in [0.2, 0.25) is 0 Å². The van der Waals surface area contributed by atoms with Crippen molar-refractivity contribution in [1.82, 2.24) is 14.9 Å². The molecule has 1 aliphatic rings. The van der Waals surface area contributed by atoms with E-state index >= 15 is 0 Å². The lowest BCUT2D eigenvalue weighted by molar-refractivity contribution is 0.160. The Kier molecular flexibility index (Phi) is 4.48. The fourth-order valence-corrected chi connectivity index (χ4v) is 3.46. The van der Waals surface area contributed by atoms with Crippen molar-refractivity contribution in [3.8, 4) is 5.75 Å². The van der Waals surface area contributed by atoms with Gasteiger partial charge in [0.05, 0.1) is 24.2 Å². The van der Waals surface area contributed by atoms with Crippen LogP contribution in [0.5, 0.6) is 5.75 Å². The number of carbonyl (C=O) groups excluding carboxylic acids is 1. The fraction of sp³-hybridized carbons (Fsp3) is 0.300. The van der Waals surface area contributed by atoms with Gasteiger partial charge >= 0.3 is 6.03 Å². The largest absolute Gasteiger partial charge is 0.497 e. The van der Waals surface area contributed by atoms with E-state index in [0.717, 1.165) is 54.1 Å². The van der Waals surface area contributed by atoms with Gasteiger partial charge in [-0.3, -0.25) is 0 Å². The molecular formula is C20H22N4O2. The van der Waals surface area contributed by atoms with Gasteiger partial charge in [0.1, 0.15) is 11.6 Å². The molecule has 134 valence electrons. The summed E-state index contributed by atoms with van der Waals surface area (Å²) in [6, 6.07) is 15.2. The van der Waals surface area contributed by atoms with Crippen LogP contribution < -0.4 is 10.1 Å². The van der Waals surface area contributed by atoms with Crippen molar-refractivity contribution < 1.29 is 9.53 Å². The van der Waals surface area contributed by atoms with Crippen LogP contribution in [0.3, 0.4) is 0 Å². The number of methoxy groups -OCH3 is 1. The van der Waals surface area contributed by atoms with Gasteiger partial charge in [-0.2, -0.15) is 0 Å². The van der Waals surface area contributed by atoms with Crippen LogP contribution in [0.1, 0.15) is 31.1 Å². The van der Waals surface area contributed by atoms with Gasteiger partial charge in [0.15, 0.2) is 0 Å². The maximum atomic E-state index is 12.9. The summed E-state index contributed by atoms with van der Waals surface area (Å²) < 4.78 is 5.16. The van der Waals surface area contributed by atoms with Gasteiger partial charge in [0, 0.05) is 12.2 Å². The highest BCUT2D eigenvalue weighted by molar-refractivity contribution is 5.89. The van der Waals surface area contributed by atoms with Crippen LogP contribution in [-0.4, -0.2) is 34.6 Å². The smallest absolute Gasteiger partial charge is 0.322 e. The lowest BCUT2D eigenvalue weighted by Gasteiger charge is -2.34. The van der Waals surface area contributed by atoms with Gasteiger partial charge in [-0.25, -0.2) is 9.78 Å². The number of nitrogens with zero attached hydrogens (tertiary/aromatic N) is 2. The number of aromatic nitrogens is 2. The zero-order chi connectivity index (χ0) is 17.9. The van der Waals surface area contributed by atoms with Gasteiger partial charge in [-0.05, 0) is 55.7 Å². The highest BCUT2D eigenvalue weighted by atomic mass is 16.5. The molecule has 3 aromatic rings. The zero-order valence-electron chi connectivity index (χ0n) is 14.7. The van der Waals surface area contributed by atoms with Crippen LogP contribution in [0.4, 0.5) is 10.5 Å². The monoisotopic (exact) mass is 350 g/mol. The normalized spacial score (nSPS) is 17.3. The highest BCUT2D eigenvalue weighted by Gasteiger charge is 2.30. The zero-order valence-corrected chi connectivity index (χ0v) is 14.7. The molecule has 1 aliphatic heterocycles. The van der Waals surface area contributed by atoms with Gasteiger partial charge in [-0.15, -0.1) is 0 Å². The van der Waals surface area contributed by atoms with E-state index in [9.17, 15) is 4.79 Å². The quantitative estimate of drug-likeness (QED) is 0.738. The third-order valence-corrected chi connectivity index (χ3v) is 4.83. The molecule has 4 rings (SSSR count). The number of fused-ring (bicyclic) bond motifs is 1. The Bertz CT molecular complexity index is 871. The number of imidazole rings is 1. The number of amides is 2. The summed E-state index contributed by atoms with van der Waals surface area (Å²) in [5.74, 6) is 1.62. The van der Waals surface area contributed by atoms with Crippen molar-refractivity contribution in [1.29, 1.82) is 0 Å². The summed E-state index contributed by atoms with van der Waals surface area (Å²) in [6.07, 6.45) is 3.01. The number of piperidine rings is 1. The predicted octanol–water partition coefficient (Wildman–Crippen LogP) is 4.33. The van der Waals surface area contributed by atoms with E-state index in [1.165, 1.54) is 0 Å². The minimum absolute atomic E-state index is 0.0330. The number of aromatic amines is 1. The molecule has 0 saturated carbocycles. The Morgan fingerprint density at radius 3 is 2.77 bits per heavy atom. The Morgan fingerprint density at radius 2 is 2.00 bits per heavy atom. The predicted molar refractivity (Wildman–Crippen MR) is 101 cm³/mol. The molecule has 1 fully saturated rings. The van der Waals surface area contributed by atoms with Crippen molar-refractivity contribution in [2.75, 3.05) is 19.0 Å². The third-order valence-electron chi connectivity index (χ3n) is 4.83. The van der Waals surface area contributed by atoms with Crippen molar-refractivity contribution >= 4 is 22.8 Å². The molecule has 2 heterocycles. The molecule has 26 heavy (non-hydrogen) atoms. The van der Waals surface area contributed by atoms with E-state index in [2.05, 4.69) is 10.3 Å². The lowest BCUT2D eigenvalue weighted by Crippen LogP contribution is -2.41. The second kappa shape index (κ2) is 7.07. The topological polar surface area (TPSA) is 70.2 Å². The molecule has 0 spiro atoms. The summed E-state index contributed by atoms with van der Waals surface area (Å²) in [5.41, 5.74) is 2.69. The van der Waals surface area contributed by atoms with Crippen LogP contribution in [-0.2, 0) is 0 Å². The molecule has 0 unspecified atom stereocenters. The van der Waals surface area contributed by atoms with Crippen molar-refractivity contribution in [3.63, 3.8) is 0 Å². The van der Waals surface area contributed by atoms with Crippen molar-refractivity contribution in [2.24, 2.45) is 0 Å². The van der Waals surface area contributed by atoms with E-state index < -0.39 is 0 Å². The molecule has 0 bridgehead atoms. The molecule has 0 aliphatic carbocycles. The lowest BCUT2D eigenvalue weighted by atomic mass is 10.0. The van der Waals surface area contributed by atoms with E-state index in [0.29, 0.717) is 0 Å². The van der Waals surface area contributed by atoms with Gasteiger partial charge in [0.25, 0.3) is 0 Å². The van der Waals surface area contributed by atoms with Gasteiger partial charge < -0.3 is 19.9 Å². The molecule has 6 nitrogen and oxygen atoms in total. The second-order valence-corrected chi connectivity index (χ2v) is 6.50. The number of hydrogen-bond acceptors (Lipinski definition) is 3. The molecule has 0 radical (unpaired) electrons. The number of ether oxygens (including phenoxy) is 1. The van der Waals surface area contributed by atoms with E-state index in [1.807, 2.05) is 53.4 Å². The van der Waals surface area contributed by atoms with E-state index in [-0.39, 0.29) is 12.1 Å². The van der Waals surface area contributed by atoms with E-state index in [1.54, 1.807) is 7.11 Å². The Hall–Kier alpha value is -3.02. The second-order valence-electron chi connectivity index (χ2n) is 6.50. The first-order chi connectivity index (χ1) is 12.7. The Labute approximate surface area is 152 Å². The molecule has 2 N–H and O–H groups in total. The number of likely N-dealkylation sites (tertiary alicyclic amines) is 1. The molecule has 1 atom stereocenters. The first-order valence-electron chi connectivity index (χ1n) is 8.91. The number of carbonyl (C=O) groups is 1. The summed E-state index contributed by atoms with van der Waals surface area (Å²) >= 11 is 0. The number of H-pyrrole nitrogens is 1. The number of benzene rings is 2. The molecule has 1 saturated heterocycles. The average Bonchev–Trinajstić information content (AvgIpc) is 3.12. The Balaban J connectivity index is 1.55. The Morgan fingerprint density at radius 1 is 1.19 bits per heavy atom. The molecule has 2 aromatic carbocycles. The summed E-state index contributed by atoms with van der Waals surface area (Å²) in [5, 5.41) is 2.99. The summed E-state index contributed by atoms with van der Waals surface area (Å²) in [7, 11) is 1.62. The number of anilines is 1. The highest BCUT2D eigenvalue weighted by Crippen LogP contribution is 2.31. The van der Waals surface area contributed by atoms with Crippen LogP contribution in [0, 0.1) is 0 Å². The van der Waals surface area contributed by atoms with E-state index in [4.69, 9.17) is 9.72 Å². The third kappa shape index (κ3) is 3.22.